The van der Waals surface area contributed by atoms with Gasteiger partial charge in [-0.3, -0.25) is 4.79 Å². The van der Waals surface area contributed by atoms with E-state index in [4.69, 9.17) is 9.72 Å². The molecule has 1 saturated heterocycles. The lowest BCUT2D eigenvalue weighted by atomic mass is 9.53. The van der Waals surface area contributed by atoms with Crippen LogP contribution in [-0.4, -0.2) is 53.3 Å². The van der Waals surface area contributed by atoms with Crippen LogP contribution in [-0.2, 0) is 16.0 Å². The Labute approximate surface area is 194 Å². The fraction of sp³-hybridized carbons (Fsp3) is 0.615. The van der Waals surface area contributed by atoms with Gasteiger partial charge >= 0.3 is 0 Å². The molecule has 1 amide bonds. The van der Waals surface area contributed by atoms with E-state index in [9.17, 15) is 9.90 Å². The van der Waals surface area contributed by atoms with Gasteiger partial charge in [-0.2, -0.15) is 0 Å². The van der Waals surface area contributed by atoms with Crippen LogP contribution in [0.4, 0.5) is 0 Å². The Balaban J connectivity index is 1.40. The van der Waals surface area contributed by atoms with Crippen LogP contribution < -0.4 is 0 Å². The van der Waals surface area contributed by atoms with Gasteiger partial charge in [-0.15, -0.1) is 11.3 Å². The largest absolute Gasteiger partial charge is 0.392 e. The number of carbonyl (C=O) groups is 1. The van der Waals surface area contributed by atoms with Gasteiger partial charge in [0.25, 0.3) is 0 Å². The van der Waals surface area contributed by atoms with E-state index >= 15 is 0 Å². The third kappa shape index (κ3) is 3.70. The van der Waals surface area contributed by atoms with Crippen LogP contribution in [0, 0.1) is 23.2 Å². The minimum Gasteiger partial charge on any atom is -0.392 e. The Hall–Kier alpha value is -1.76. The van der Waals surface area contributed by atoms with Crippen molar-refractivity contribution in [2.75, 3.05) is 26.3 Å². The first-order valence-corrected chi connectivity index (χ1v) is 12.8. The summed E-state index contributed by atoms with van der Waals surface area (Å²) in [6, 6.07) is 10.4. The Morgan fingerprint density at radius 2 is 2.00 bits per heavy atom. The Morgan fingerprint density at radius 3 is 2.72 bits per heavy atom. The van der Waals surface area contributed by atoms with Crippen molar-refractivity contribution in [3.05, 3.63) is 40.9 Å². The van der Waals surface area contributed by atoms with Crippen LogP contribution >= 0.6 is 11.3 Å². The number of aliphatic hydroxyl groups is 1. The van der Waals surface area contributed by atoms with E-state index < -0.39 is 6.10 Å². The second-order valence-electron chi connectivity index (χ2n) is 10.3. The van der Waals surface area contributed by atoms with Gasteiger partial charge in [0.15, 0.2) is 0 Å². The van der Waals surface area contributed by atoms with Gasteiger partial charge in [-0.05, 0) is 36.5 Å². The summed E-state index contributed by atoms with van der Waals surface area (Å²) in [6.07, 6.45) is 2.43. The van der Waals surface area contributed by atoms with E-state index in [0.717, 1.165) is 35.5 Å². The maximum absolute atomic E-state index is 13.2. The molecule has 0 radical (unpaired) electrons. The molecule has 32 heavy (non-hydrogen) atoms. The van der Waals surface area contributed by atoms with Crippen LogP contribution in [0.3, 0.4) is 0 Å². The van der Waals surface area contributed by atoms with E-state index in [1.807, 2.05) is 29.2 Å². The Morgan fingerprint density at radius 1 is 1.28 bits per heavy atom. The summed E-state index contributed by atoms with van der Waals surface area (Å²) >= 11 is 1.81. The number of fused-ring (bicyclic) bond motifs is 2. The summed E-state index contributed by atoms with van der Waals surface area (Å²) in [6.45, 7) is 9.13. The van der Waals surface area contributed by atoms with Gasteiger partial charge in [0.05, 0.1) is 25.0 Å². The summed E-state index contributed by atoms with van der Waals surface area (Å²) in [7, 11) is 0. The van der Waals surface area contributed by atoms with Gasteiger partial charge in [0, 0.05) is 35.4 Å². The van der Waals surface area contributed by atoms with Crippen LogP contribution in [0.5, 0.6) is 0 Å². The maximum atomic E-state index is 13.2. The zero-order chi connectivity index (χ0) is 22.5. The van der Waals surface area contributed by atoms with Crippen molar-refractivity contribution in [2.24, 2.45) is 23.2 Å². The van der Waals surface area contributed by atoms with Gasteiger partial charge in [0.1, 0.15) is 5.01 Å². The number of amides is 1. The molecule has 5 rings (SSSR count). The summed E-state index contributed by atoms with van der Waals surface area (Å²) in [4.78, 5) is 21.5. The van der Waals surface area contributed by atoms with E-state index in [0.29, 0.717) is 26.3 Å². The fourth-order valence-corrected chi connectivity index (χ4v) is 7.87. The zero-order valence-corrected chi connectivity index (χ0v) is 20.1. The van der Waals surface area contributed by atoms with E-state index in [-0.39, 0.29) is 35.0 Å². The van der Waals surface area contributed by atoms with Crippen LogP contribution in [0.1, 0.15) is 50.1 Å². The predicted octanol–water partition coefficient (Wildman–Crippen LogP) is 4.36. The summed E-state index contributed by atoms with van der Waals surface area (Å²) in [5.74, 6) is 0.307. The number of nitrogens with zero attached hydrogens (tertiary/aromatic N) is 2. The quantitative estimate of drug-likeness (QED) is 0.749. The van der Waals surface area contributed by atoms with Gasteiger partial charge in [0.2, 0.25) is 5.91 Å². The molecule has 6 heteroatoms. The normalized spacial score (nSPS) is 33.3. The molecule has 2 aromatic rings. The Bertz CT molecular complexity index is 971. The standard InChI is InChI=1S/C26H34N2O3S/c1-16(25(30)28-11-13-31-14-12-28)19-9-10-26(3)15-20-22(17(2)21(26)23(19)29)27-24(32-20)18-7-5-4-6-8-18/h4-8,16-17,19,21,23,29H,9-15H2,1-3H3. The van der Waals surface area contributed by atoms with Crippen molar-refractivity contribution in [1.29, 1.82) is 0 Å². The van der Waals surface area contributed by atoms with Crippen molar-refractivity contribution in [3.8, 4) is 10.6 Å². The first kappa shape index (κ1) is 22.1. The van der Waals surface area contributed by atoms with Crippen molar-refractivity contribution in [2.45, 2.75) is 52.1 Å². The molecule has 3 aliphatic rings. The second-order valence-corrected chi connectivity index (χ2v) is 11.3. The SMILES string of the molecule is CC(C(=O)N1CCOCC1)C1CCC2(C)Cc3sc(-c4ccccc4)nc3C(C)C2C1O. The minimum atomic E-state index is -0.487. The molecule has 6 unspecified atom stereocenters. The van der Waals surface area contributed by atoms with E-state index in [1.54, 1.807) is 0 Å². The first-order chi connectivity index (χ1) is 15.4. The molecule has 0 spiro atoms. The molecule has 6 atom stereocenters. The van der Waals surface area contributed by atoms with Crippen molar-refractivity contribution >= 4 is 17.2 Å². The number of benzene rings is 1. The highest BCUT2D eigenvalue weighted by atomic mass is 32.1. The number of morpholine rings is 1. The number of hydrogen-bond acceptors (Lipinski definition) is 5. The first-order valence-electron chi connectivity index (χ1n) is 12.0. The van der Waals surface area contributed by atoms with Crippen LogP contribution in [0.15, 0.2) is 30.3 Å². The van der Waals surface area contributed by atoms with Crippen molar-refractivity contribution in [1.82, 2.24) is 9.88 Å². The molecule has 2 heterocycles. The molecule has 1 N–H and O–H groups in total. The topological polar surface area (TPSA) is 62.7 Å². The van der Waals surface area contributed by atoms with Crippen molar-refractivity contribution in [3.63, 3.8) is 0 Å². The molecule has 0 bridgehead atoms. The molecule has 1 saturated carbocycles. The molecule has 172 valence electrons. The molecular weight excluding hydrogens is 420 g/mol. The molecule has 5 nitrogen and oxygen atoms in total. The zero-order valence-electron chi connectivity index (χ0n) is 19.3. The lowest BCUT2D eigenvalue weighted by molar-refractivity contribution is -0.148. The number of rotatable bonds is 3. The van der Waals surface area contributed by atoms with Gasteiger partial charge in [-0.1, -0.05) is 51.1 Å². The maximum Gasteiger partial charge on any atom is 0.225 e. The number of thiazole rings is 1. The third-order valence-electron chi connectivity index (χ3n) is 8.30. The average molecular weight is 455 g/mol. The molecule has 1 aromatic carbocycles. The lowest BCUT2D eigenvalue weighted by Gasteiger charge is -2.53. The molecule has 1 aromatic heterocycles. The van der Waals surface area contributed by atoms with E-state index in [2.05, 4.69) is 38.1 Å². The van der Waals surface area contributed by atoms with Crippen LogP contribution in [0.25, 0.3) is 10.6 Å². The molecular formula is C26H34N2O3S. The monoisotopic (exact) mass is 454 g/mol. The minimum absolute atomic E-state index is 0.000325. The molecule has 2 fully saturated rings. The van der Waals surface area contributed by atoms with E-state index in [1.165, 1.54) is 4.88 Å². The number of hydrogen-bond donors (Lipinski definition) is 1. The smallest absolute Gasteiger partial charge is 0.225 e. The van der Waals surface area contributed by atoms with Gasteiger partial charge < -0.3 is 14.7 Å². The highest BCUT2D eigenvalue weighted by molar-refractivity contribution is 7.15. The molecule has 1 aliphatic heterocycles. The lowest BCUT2D eigenvalue weighted by Crippen LogP contribution is -2.54. The number of aromatic nitrogens is 1. The number of aliphatic hydroxyl groups excluding tert-OH is 1. The fourth-order valence-electron chi connectivity index (χ4n) is 6.51. The average Bonchev–Trinajstić information content (AvgIpc) is 3.23. The Kier molecular flexibility index (Phi) is 5.89. The van der Waals surface area contributed by atoms with Gasteiger partial charge in [-0.25, -0.2) is 4.98 Å². The highest BCUT2D eigenvalue weighted by Crippen LogP contribution is 2.57. The summed E-state index contributed by atoms with van der Waals surface area (Å²) in [5, 5.41) is 12.7. The highest BCUT2D eigenvalue weighted by Gasteiger charge is 2.54. The number of carbonyl (C=O) groups excluding carboxylic acids is 1. The summed E-state index contributed by atoms with van der Waals surface area (Å²) < 4.78 is 5.41. The molecule has 2 aliphatic carbocycles. The third-order valence-corrected chi connectivity index (χ3v) is 9.42. The van der Waals surface area contributed by atoms with Crippen molar-refractivity contribution < 1.29 is 14.6 Å². The predicted molar refractivity (Wildman–Crippen MR) is 127 cm³/mol. The number of ether oxygens (including phenoxy) is 1. The van der Waals surface area contributed by atoms with Crippen LogP contribution in [0.2, 0.25) is 0 Å². The second kappa shape index (κ2) is 8.54. The summed E-state index contributed by atoms with van der Waals surface area (Å²) in [5.41, 5.74) is 2.36.